The molecule has 0 amide bonds. The van der Waals surface area contributed by atoms with Crippen LogP contribution in [0.3, 0.4) is 0 Å². The van der Waals surface area contributed by atoms with E-state index in [1.165, 1.54) is 0 Å². The smallest absolute Gasteiger partial charge is 0.147 e. The van der Waals surface area contributed by atoms with Crippen molar-refractivity contribution in [1.82, 2.24) is 4.98 Å². The number of hydrogen-bond donors (Lipinski definition) is 2. The first-order chi connectivity index (χ1) is 8.70. The fourth-order valence-electron chi connectivity index (χ4n) is 1.63. The van der Waals surface area contributed by atoms with Gasteiger partial charge in [-0.15, -0.1) is 0 Å². The van der Waals surface area contributed by atoms with Crippen molar-refractivity contribution in [1.29, 1.82) is 0 Å². The van der Waals surface area contributed by atoms with E-state index in [0.29, 0.717) is 48.0 Å². The van der Waals surface area contributed by atoms with Crippen LogP contribution in [-0.2, 0) is 9.47 Å². The molecule has 0 spiro atoms. The molecule has 1 aliphatic heterocycles. The van der Waals surface area contributed by atoms with Gasteiger partial charge in [0.05, 0.1) is 36.0 Å². The lowest BCUT2D eigenvalue weighted by atomic mass is 10.3. The molecule has 1 fully saturated rings. The van der Waals surface area contributed by atoms with Gasteiger partial charge in [-0.25, -0.2) is 4.98 Å². The van der Waals surface area contributed by atoms with E-state index in [1.807, 2.05) is 0 Å². The molecular weight excluding hydrogens is 277 g/mol. The standard InChI is InChI=1S/C11H15Cl2N3O2/c1-14-10-8(12)4-9(13)11(16-10)15-5-7-6-17-2-3-18-7/h4,7H,2-3,5-6H2,1H3,(H2,14,15,16). The van der Waals surface area contributed by atoms with Gasteiger partial charge in [-0.05, 0) is 6.07 Å². The van der Waals surface area contributed by atoms with Crippen LogP contribution in [-0.4, -0.2) is 44.5 Å². The van der Waals surface area contributed by atoms with Crippen LogP contribution in [0.15, 0.2) is 6.07 Å². The van der Waals surface area contributed by atoms with E-state index in [0.717, 1.165) is 0 Å². The molecular formula is C11H15Cl2N3O2. The molecule has 100 valence electrons. The lowest BCUT2D eigenvalue weighted by Gasteiger charge is -2.23. The van der Waals surface area contributed by atoms with Crippen molar-refractivity contribution < 1.29 is 9.47 Å². The summed E-state index contributed by atoms with van der Waals surface area (Å²) in [6, 6.07) is 1.66. The fraction of sp³-hybridized carbons (Fsp3) is 0.545. The van der Waals surface area contributed by atoms with Crippen LogP contribution < -0.4 is 10.6 Å². The summed E-state index contributed by atoms with van der Waals surface area (Å²) in [5.74, 6) is 1.17. The number of aromatic nitrogens is 1. The maximum Gasteiger partial charge on any atom is 0.147 e. The van der Waals surface area contributed by atoms with Gasteiger partial charge in [-0.2, -0.15) is 0 Å². The first-order valence-corrected chi connectivity index (χ1v) is 6.43. The Hall–Kier alpha value is -0.750. The van der Waals surface area contributed by atoms with E-state index in [2.05, 4.69) is 15.6 Å². The highest BCUT2D eigenvalue weighted by Crippen LogP contribution is 2.28. The Kier molecular flexibility index (Phi) is 4.88. The van der Waals surface area contributed by atoms with Crippen molar-refractivity contribution in [3.63, 3.8) is 0 Å². The van der Waals surface area contributed by atoms with E-state index < -0.39 is 0 Å². The summed E-state index contributed by atoms with van der Waals surface area (Å²) >= 11 is 12.0. The Morgan fingerprint density at radius 1 is 1.33 bits per heavy atom. The highest BCUT2D eigenvalue weighted by molar-refractivity contribution is 6.37. The summed E-state index contributed by atoms with van der Waals surface area (Å²) in [5, 5.41) is 7.01. The zero-order chi connectivity index (χ0) is 13.0. The van der Waals surface area contributed by atoms with Crippen LogP contribution in [0.5, 0.6) is 0 Å². The van der Waals surface area contributed by atoms with Gasteiger partial charge in [0.15, 0.2) is 0 Å². The summed E-state index contributed by atoms with van der Waals surface area (Å²) in [4.78, 5) is 4.29. The first kappa shape index (κ1) is 13.7. The van der Waals surface area contributed by atoms with E-state index in [-0.39, 0.29) is 6.10 Å². The number of anilines is 2. The molecule has 5 nitrogen and oxygen atoms in total. The molecule has 0 radical (unpaired) electrons. The summed E-state index contributed by atoms with van der Waals surface area (Å²) in [6.07, 6.45) is 0.0188. The summed E-state index contributed by atoms with van der Waals surface area (Å²) in [6.45, 7) is 2.45. The molecule has 0 aliphatic carbocycles. The second-order valence-electron chi connectivity index (χ2n) is 3.85. The van der Waals surface area contributed by atoms with Crippen molar-refractivity contribution in [2.24, 2.45) is 0 Å². The molecule has 1 saturated heterocycles. The van der Waals surface area contributed by atoms with Gasteiger partial charge in [0, 0.05) is 13.6 Å². The van der Waals surface area contributed by atoms with Crippen LogP contribution in [0.25, 0.3) is 0 Å². The lowest BCUT2D eigenvalue weighted by Crippen LogP contribution is -2.34. The molecule has 1 atom stereocenters. The van der Waals surface area contributed by atoms with Crippen LogP contribution in [0.2, 0.25) is 10.0 Å². The predicted octanol–water partition coefficient (Wildman–Crippen LogP) is 2.26. The Balaban J connectivity index is 1.99. The molecule has 2 rings (SSSR count). The molecule has 1 unspecified atom stereocenters. The van der Waals surface area contributed by atoms with Crippen LogP contribution in [0.1, 0.15) is 0 Å². The Labute approximate surface area is 116 Å². The fourth-order valence-corrected chi connectivity index (χ4v) is 2.15. The maximum atomic E-state index is 6.07. The Morgan fingerprint density at radius 3 is 2.78 bits per heavy atom. The first-order valence-electron chi connectivity index (χ1n) is 5.67. The zero-order valence-corrected chi connectivity index (χ0v) is 11.5. The normalized spacial score (nSPS) is 19.6. The average Bonchev–Trinajstić information content (AvgIpc) is 2.39. The van der Waals surface area contributed by atoms with E-state index >= 15 is 0 Å². The third kappa shape index (κ3) is 3.38. The molecule has 18 heavy (non-hydrogen) atoms. The van der Waals surface area contributed by atoms with Gasteiger partial charge in [0.1, 0.15) is 11.6 Å². The molecule has 7 heteroatoms. The van der Waals surface area contributed by atoms with Gasteiger partial charge in [-0.1, -0.05) is 23.2 Å². The van der Waals surface area contributed by atoms with E-state index in [1.54, 1.807) is 13.1 Å². The topological polar surface area (TPSA) is 55.4 Å². The van der Waals surface area contributed by atoms with Crippen LogP contribution in [0, 0.1) is 0 Å². The average molecular weight is 292 g/mol. The number of rotatable bonds is 4. The van der Waals surface area contributed by atoms with Crippen molar-refractivity contribution >= 4 is 34.8 Å². The highest BCUT2D eigenvalue weighted by atomic mass is 35.5. The molecule has 0 bridgehead atoms. The zero-order valence-electron chi connectivity index (χ0n) is 10.0. The lowest BCUT2D eigenvalue weighted by molar-refractivity contribution is -0.0819. The second kappa shape index (κ2) is 6.43. The van der Waals surface area contributed by atoms with Crippen molar-refractivity contribution in [2.45, 2.75) is 6.10 Å². The van der Waals surface area contributed by atoms with Gasteiger partial charge in [0.25, 0.3) is 0 Å². The number of pyridine rings is 1. The van der Waals surface area contributed by atoms with Crippen molar-refractivity contribution in [3.8, 4) is 0 Å². The molecule has 2 N–H and O–H groups in total. The predicted molar refractivity (Wildman–Crippen MR) is 72.9 cm³/mol. The largest absolute Gasteiger partial charge is 0.376 e. The highest BCUT2D eigenvalue weighted by Gasteiger charge is 2.15. The summed E-state index contributed by atoms with van der Waals surface area (Å²) in [5.41, 5.74) is 0. The quantitative estimate of drug-likeness (QED) is 0.891. The summed E-state index contributed by atoms with van der Waals surface area (Å²) < 4.78 is 10.8. The molecule has 2 heterocycles. The second-order valence-corrected chi connectivity index (χ2v) is 4.66. The third-order valence-corrected chi connectivity index (χ3v) is 3.12. The van der Waals surface area contributed by atoms with Crippen molar-refractivity contribution in [2.75, 3.05) is 44.0 Å². The minimum atomic E-state index is 0.0188. The SMILES string of the molecule is CNc1nc(NCC2COCCO2)c(Cl)cc1Cl. The molecule has 0 aromatic carbocycles. The minimum absolute atomic E-state index is 0.0188. The van der Waals surface area contributed by atoms with E-state index in [4.69, 9.17) is 32.7 Å². The number of hydrogen-bond acceptors (Lipinski definition) is 5. The van der Waals surface area contributed by atoms with Gasteiger partial charge >= 0.3 is 0 Å². The van der Waals surface area contributed by atoms with Crippen molar-refractivity contribution in [3.05, 3.63) is 16.1 Å². The number of nitrogens with zero attached hydrogens (tertiary/aromatic N) is 1. The monoisotopic (exact) mass is 291 g/mol. The number of nitrogens with one attached hydrogen (secondary N) is 2. The summed E-state index contributed by atoms with van der Waals surface area (Å²) in [7, 11) is 1.75. The molecule has 0 saturated carbocycles. The number of ether oxygens (including phenoxy) is 2. The van der Waals surface area contributed by atoms with Crippen LogP contribution in [0.4, 0.5) is 11.6 Å². The van der Waals surface area contributed by atoms with Crippen LogP contribution >= 0.6 is 23.2 Å². The maximum absolute atomic E-state index is 6.07. The number of halogens is 2. The molecule has 1 aromatic heterocycles. The van der Waals surface area contributed by atoms with Gasteiger partial charge in [-0.3, -0.25) is 0 Å². The molecule has 1 aromatic rings. The van der Waals surface area contributed by atoms with Gasteiger partial charge < -0.3 is 20.1 Å². The molecule has 1 aliphatic rings. The minimum Gasteiger partial charge on any atom is -0.376 e. The Bertz CT molecular complexity index is 412. The van der Waals surface area contributed by atoms with E-state index in [9.17, 15) is 0 Å². The third-order valence-electron chi connectivity index (χ3n) is 2.55. The van der Waals surface area contributed by atoms with Gasteiger partial charge in [0.2, 0.25) is 0 Å². The Morgan fingerprint density at radius 2 is 2.11 bits per heavy atom.